The van der Waals surface area contributed by atoms with Crippen molar-refractivity contribution in [1.29, 1.82) is 0 Å². The Labute approximate surface area is 125 Å². The van der Waals surface area contributed by atoms with Gasteiger partial charge in [-0.25, -0.2) is 4.79 Å². The molecule has 1 aromatic rings. The molecule has 2 heterocycles. The first-order valence-electron chi connectivity index (χ1n) is 6.57. The third-order valence-corrected chi connectivity index (χ3v) is 3.82. The van der Waals surface area contributed by atoms with E-state index in [4.69, 9.17) is 4.42 Å². The van der Waals surface area contributed by atoms with Crippen LogP contribution in [0.1, 0.15) is 25.8 Å². The van der Waals surface area contributed by atoms with Crippen LogP contribution in [0, 0.1) is 0 Å². The van der Waals surface area contributed by atoms with E-state index in [1.54, 1.807) is 18.2 Å². The molecule has 1 fully saturated rings. The van der Waals surface area contributed by atoms with Gasteiger partial charge in [0.2, 0.25) is 11.8 Å². The summed E-state index contributed by atoms with van der Waals surface area (Å²) < 4.78 is 6.00. The number of fused-ring (bicyclic) bond motifs is 1. The zero-order valence-electron chi connectivity index (χ0n) is 11.3. The van der Waals surface area contributed by atoms with Crippen LogP contribution >= 0.6 is 12.6 Å². The number of aromatic nitrogens is 1. The van der Waals surface area contributed by atoms with E-state index in [1.165, 1.54) is 4.57 Å². The van der Waals surface area contributed by atoms with Crippen LogP contribution in [0.2, 0.25) is 0 Å². The van der Waals surface area contributed by atoms with Gasteiger partial charge in [-0.1, -0.05) is 12.2 Å². The molecule has 0 spiro atoms. The zero-order chi connectivity index (χ0) is 15.2. The predicted molar refractivity (Wildman–Crippen MR) is 79.1 cm³/mol. The van der Waals surface area contributed by atoms with E-state index in [9.17, 15) is 14.4 Å². The molecule has 1 aliphatic carbocycles. The molecule has 21 heavy (non-hydrogen) atoms. The van der Waals surface area contributed by atoms with Gasteiger partial charge in [0.15, 0.2) is 5.42 Å². The van der Waals surface area contributed by atoms with Crippen LogP contribution in [0.15, 0.2) is 21.4 Å². The van der Waals surface area contributed by atoms with Crippen molar-refractivity contribution in [3.63, 3.8) is 0 Å². The van der Waals surface area contributed by atoms with E-state index < -0.39 is 22.5 Å². The maximum absolute atomic E-state index is 12.1. The van der Waals surface area contributed by atoms with Crippen LogP contribution in [0.25, 0.3) is 12.2 Å². The quantitative estimate of drug-likeness (QED) is 0.528. The molecular weight excluding hydrogens is 292 g/mol. The number of nitrogens with zero attached hydrogens (tertiary/aromatic N) is 1. The van der Waals surface area contributed by atoms with Crippen LogP contribution in [0.5, 0.6) is 0 Å². The number of hydrogen-bond acceptors (Lipinski definition) is 5. The smallest absolute Gasteiger partial charge is 0.408 e. The van der Waals surface area contributed by atoms with Crippen LogP contribution in [0.3, 0.4) is 0 Å². The Bertz CT molecular complexity index is 828. The highest BCUT2D eigenvalue weighted by atomic mass is 32.1. The lowest BCUT2D eigenvalue weighted by Crippen LogP contribution is -2.47. The normalized spacial score (nSPS) is 28.2. The minimum atomic E-state index is -0.731. The molecule has 1 N–H and O–H groups in total. The van der Waals surface area contributed by atoms with Crippen molar-refractivity contribution in [2.45, 2.75) is 30.6 Å². The van der Waals surface area contributed by atoms with Crippen LogP contribution in [-0.2, 0) is 9.59 Å². The number of imide groups is 1. The first-order chi connectivity index (χ1) is 9.87. The maximum atomic E-state index is 12.1. The summed E-state index contributed by atoms with van der Waals surface area (Å²) in [7, 11) is 0. The average molecular weight is 306 g/mol. The number of nitrogens with one attached hydrogen (secondary N) is 1. The summed E-state index contributed by atoms with van der Waals surface area (Å²) in [5.74, 6) is -1.41. The highest BCUT2D eigenvalue weighted by molar-refractivity contribution is 7.82. The van der Waals surface area contributed by atoms with Crippen LogP contribution in [-0.4, -0.2) is 21.1 Å². The number of rotatable bonds is 1. The van der Waals surface area contributed by atoms with Crippen LogP contribution in [0.4, 0.5) is 0 Å². The summed E-state index contributed by atoms with van der Waals surface area (Å²) in [5.41, 5.74) is 0.382. The number of thiol groups is 1. The van der Waals surface area contributed by atoms with Gasteiger partial charge in [-0.3, -0.25) is 19.5 Å². The number of hydrogen-bond donors (Lipinski definition) is 2. The van der Waals surface area contributed by atoms with Gasteiger partial charge < -0.3 is 4.42 Å². The van der Waals surface area contributed by atoms with Crippen molar-refractivity contribution in [3.8, 4) is 0 Å². The molecule has 3 rings (SSSR count). The molecule has 0 bridgehead atoms. The molecule has 0 saturated carbocycles. The second-order valence-corrected chi connectivity index (χ2v) is 6.31. The molecule has 2 amide bonds. The summed E-state index contributed by atoms with van der Waals surface area (Å²) in [4.78, 5) is 35.3. The molecule has 1 aliphatic heterocycles. The standard InChI is InChI=1S/C14H14N2O4S/c1-14(21)6-2-3-8-10(7-14)20-13(19)16(8)9-4-5-11(17)15-12(9)18/h2-3,6-7,9,21H,4-5H2,1H3,(H,15,17,18)/t9?,14-/m1/s1. The van der Waals surface area contributed by atoms with Crippen molar-refractivity contribution in [3.05, 3.63) is 33.5 Å². The molecule has 2 atom stereocenters. The molecule has 0 radical (unpaired) electrons. The van der Waals surface area contributed by atoms with Crippen LogP contribution < -0.4 is 21.8 Å². The van der Waals surface area contributed by atoms with Gasteiger partial charge in [0.1, 0.15) is 6.04 Å². The van der Waals surface area contributed by atoms with E-state index in [1.807, 2.05) is 13.0 Å². The highest BCUT2D eigenvalue weighted by Gasteiger charge is 2.31. The maximum Gasteiger partial charge on any atom is 0.420 e. The first kappa shape index (κ1) is 13.9. The highest BCUT2D eigenvalue weighted by Crippen LogP contribution is 2.18. The van der Waals surface area contributed by atoms with Gasteiger partial charge in [0.05, 0.1) is 10.1 Å². The number of allylic oxidation sites excluding steroid dienone is 1. The lowest BCUT2D eigenvalue weighted by Gasteiger charge is -2.20. The van der Waals surface area contributed by atoms with E-state index in [2.05, 4.69) is 17.9 Å². The summed E-state index contributed by atoms with van der Waals surface area (Å²) in [6.45, 7) is 1.86. The van der Waals surface area contributed by atoms with Gasteiger partial charge in [-0.15, -0.1) is 0 Å². The van der Waals surface area contributed by atoms with Gasteiger partial charge >= 0.3 is 5.76 Å². The summed E-state index contributed by atoms with van der Waals surface area (Å²) >= 11 is 4.45. The predicted octanol–water partition coefficient (Wildman–Crippen LogP) is -0.762. The summed E-state index contributed by atoms with van der Waals surface area (Å²) in [6.07, 6.45) is 7.54. The fourth-order valence-corrected chi connectivity index (χ4v) is 2.75. The lowest BCUT2D eigenvalue weighted by molar-refractivity contribution is -0.135. The number of oxazole rings is 1. The Hall–Kier alpha value is -2.02. The summed E-state index contributed by atoms with van der Waals surface area (Å²) in [6, 6.07) is -0.731. The number of amides is 2. The largest absolute Gasteiger partial charge is 0.420 e. The molecule has 6 nitrogen and oxygen atoms in total. The fourth-order valence-electron chi connectivity index (χ4n) is 2.55. The van der Waals surface area contributed by atoms with E-state index in [0.29, 0.717) is 10.8 Å². The first-order valence-corrected chi connectivity index (χ1v) is 7.02. The molecule has 2 aliphatic rings. The van der Waals surface area contributed by atoms with Crippen molar-refractivity contribution >= 4 is 36.6 Å². The summed E-state index contributed by atoms with van der Waals surface area (Å²) in [5, 5.41) is 2.76. The molecule has 1 saturated heterocycles. The minimum absolute atomic E-state index is 0.201. The second-order valence-electron chi connectivity index (χ2n) is 5.35. The Kier molecular flexibility index (Phi) is 3.16. The number of carbonyl (C=O) groups excluding carboxylic acids is 2. The SMILES string of the molecule is C[C@@]1(S)C=CC=c2c(oc(=O)n2C2CCC(=O)NC2=O)=C1. The molecule has 110 valence electrons. The molecule has 1 unspecified atom stereocenters. The average Bonchev–Trinajstić information content (AvgIpc) is 2.57. The second kappa shape index (κ2) is 4.77. The Morgan fingerprint density at radius 1 is 1.43 bits per heavy atom. The Balaban J connectivity index is 2.19. The van der Waals surface area contributed by atoms with Crippen molar-refractivity contribution < 1.29 is 14.0 Å². The van der Waals surface area contributed by atoms with Crippen molar-refractivity contribution in [2.75, 3.05) is 0 Å². The monoisotopic (exact) mass is 306 g/mol. The number of carbonyl (C=O) groups is 2. The lowest BCUT2D eigenvalue weighted by atomic mass is 10.1. The Morgan fingerprint density at radius 2 is 2.19 bits per heavy atom. The zero-order valence-corrected chi connectivity index (χ0v) is 12.2. The molecular formula is C14H14N2O4S. The van der Waals surface area contributed by atoms with E-state index in [-0.39, 0.29) is 18.7 Å². The fraction of sp³-hybridized carbons (Fsp3) is 0.357. The third-order valence-electron chi connectivity index (χ3n) is 3.54. The van der Waals surface area contributed by atoms with Gasteiger partial charge in [-0.2, -0.15) is 12.6 Å². The third kappa shape index (κ3) is 2.49. The minimum Gasteiger partial charge on any atom is -0.408 e. The van der Waals surface area contributed by atoms with Crippen molar-refractivity contribution in [2.24, 2.45) is 0 Å². The van der Waals surface area contributed by atoms with Gasteiger partial charge in [-0.05, 0) is 25.5 Å². The number of piperidine rings is 1. The van der Waals surface area contributed by atoms with E-state index >= 15 is 0 Å². The van der Waals surface area contributed by atoms with Gasteiger partial charge in [0.25, 0.3) is 0 Å². The molecule has 7 heteroatoms. The van der Waals surface area contributed by atoms with Gasteiger partial charge in [0, 0.05) is 6.42 Å². The Morgan fingerprint density at radius 3 is 2.90 bits per heavy atom. The topological polar surface area (TPSA) is 81.3 Å². The molecule has 1 aromatic heterocycles. The molecule has 0 aromatic carbocycles. The van der Waals surface area contributed by atoms with E-state index in [0.717, 1.165) is 0 Å². The van der Waals surface area contributed by atoms with Crippen molar-refractivity contribution in [1.82, 2.24) is 9.88 Å².